The maximum atomic E-state index is 12.5. The normalized spacial score (nSPS) is 11.2. The van der Waals surface area contributed by atoms with E-state index in [1.807, 2.05) is 51.1 Å². The highest BCUT2D eigenvalue weighted by Gasteiger charge is 2.20. The van der Waals surface area contributed by atoms with Gasteiger partial charge in [0.05, 0.1) is 17.5 Å². The van der Waals surface area contributed by atoms with E-state index < -0.39 is 24.0 Å². The fourth-order valence-corrected chi connectivity index (χ4v) is 2.95. The molecule has 162 valence electrons. The van der Waals surface area contributed by atoms with Crippen LogP contribution in [0.15, 0.2) is 53.1 Å². The second kappa shape index (κ2) is 8.99. The highest BCUT2D eigenvalue weighted by Crippen LogP contribution is 2.29. The van der Waals surface area contributed by atoms with Gasteiger partial charge >= 0.3 is 5.97 Å². The molecule has 1 aromatic heterocycles. The van der Waals surface area contributed by atoms with Gasteiger partial charge in [0.15, 0.2) is 12.4 Å². The standard InChI is InChI=1S/C23H25N3O5/c1-23(2,3)24-19(27)13-26(4)20(28)14-30-22(29)16-10-11-18-17(12-16)21(31-25-18)15-8-6-5-7-9-15/h5-12H,13-14H2,1-4H3,(H,24,27). The molecule has 1 N–H and O–H groups in total. The Balaban J connectivity index is 1.64. The number of likely N-dealkylation sites (N-methyl/N-ethyl adjacent to an activating group) is 1. The zero-order chi connectivity index (χ0) is 22.6. The average molecular weight is 423 g/mol. The summed E-state index contributed by atoms with van der Waals surface area (Å²) in [7, 11) is 1.48. The number of nitrogens with one attached hydrogen (secondary N) is 1. The third-order valence-corrected chi connectivity index (χ3v) is 4.40. The first-order valence-electron chi connectivity index (χ1n) is 9.81. The molecule has 2 aromatic carbocycles. The van der Waals surface area contributed by atoms with E-state index >= 15 is 0 Å². The Morgan fingerprint density at radius 3 is 2.48 bits per heavy atom. The minimum absolute atomic E-state index is 0.124. The molecule has 0 fully saturated rings. The predicted molar refractivity (Wildman–Crippen MR) is 115 cm³/mol. The first-order chi connectivity index (χ1) is 14.6. The van der Waals surface area contributed by atoms with Crippen LogP contribution in [0.4, 0.5) is 0 Å². The van der Waals surface area contributed by atoms with Gasteiger partial charge in [-0.1, -0.05) is 35.5 Å². The fourth-order valence-electron chi connectivity index (χ4n) is 2.95. The summed E-state index contributed by atoms with van der Waals surface area (Å²) in [5.74, 6) is -0.872. The van der Waals surface area contributed by atoms with Gasteiger partial charge in [-0.15, -0.1) is 0 Å². The Kier molecular flexibility index (Phi) is 6.39. The molecule has 0 aliphatic heterocycles. The number of ether oxygens (including phenoxy) is 1. The first kappa shape index (κ1) is 22.0. The van der Waals surface area contributed by atoms with E-state index in [4.69, 9.17) is 9.26 Å². The minimum Gasteiger partial charge on any atom is -0.452 e. The van der Waals surface area contributed by atoms with Crippen LogP contribution in [0.2, 0.25) is 0 Å². The molecule has 8 nitrogen and oxygen atoms in total. The Morgan fingerprint density at radius 1 is 1.10 bits per heavy atom. The van der Waals surface area contributed by atoms with Crippen molar-refractivity contribution in [2.45, 2.75) is 26.3 Å². The van der Waals surface area contributed by atoms with Crippen LogP contribution in [-0.4, -0.2) is 53.6 Å². The smallest absolute Gasteiger partial charge is 0.338 e. The maximum absolute atomic E-state index is 12.5. The molecule has 3 rings (SSSR count). The zero-order valence-corrected chi connectivity index (χ0v) is 18.0. The number of benzene rings is 2. The molecule has 3 aromatic rings. The molecule has 0 radical (unpaired) electrons. The zero-order valence-electron chi connectivity index (χ0n) is 18.0. The Hall–Kier alpha value is -3.68. The lowest BCUT2D eigenvalue weighted by atomic mass is 10.1. The minimum atomic E-state index is -0.650. The summed E-state index contributed by atoms with van der Waals surface area (Å²) < 4.78 is 10.6. The van der Waals surface area contributed by atoms with Crippen molar-refractivity contribution in [2.24, 2.45) is 0 Å². The third kappa shape index (κ3) is 5.69. The molecule has 31 heavy (non-hydrogen) atoms. The summed E-state index contributed by atoms with van der Waals surface area (Å²) in [5.41, 5.74) is 1.32. The molecule has 1 heterocycles. The van der Waals surface area contributed by atoms with Crippen molar-refractivity contribution in [1.82, 2.24) is 15.4 Å². The molecule has 0 unspecified atom stereocenters. The number of hydrogen-bond acceptors (Lipinski definition) is 6. The van der Waals surface area contributed by atoms with Gasteiger partial charge in [0.2, 0.25) is 5.91 Å². The number of hydrogen-bond donors (Lipinski definition) is 1. The van der Waals surface area contributed by atoms with Crippen LogP contribution in [0, 0.1) is 0 Å². The average Bonchev–Trinajstić information content (AvgIpc) is 3.14. The largest absolute Gasteiger partial charge is 0.452 e. The summed E-state index contributed by atoms with van der Waals surface area (Å²) in [5, 5.41) is 7.46. The van der Waals surface area contributed by atoms with E-state index in [9.17, 15) is 14.4 Å². The number of aromatic nitrogens is 1. The van der Waals surface area contributed by atoms with Crippen molar-refractivity contribution >= 4 is 28.7 Å². The van der Waals surface area contributed by atoms with E-state index in [2.05, 4.69) is 10.5 Å². The van der Waals surface area contributed by atoms with Gasteiger partial charge in [-0.3, -0.25) is 9.59 Å². The van der Waals surface area contributed by atoms with Gasteiger partial charge < -0.3 is 19.5 Å². The summed E-state index contributed by atoms with van der Waals surface area (Å²) in [6.45, 7) is 4.96. The van der Waals surface area contributed by atoms with E-state index in [0.717, 1.165) is 5.56 Å². The molecule has 0 saturated carbocycles. The summed E-state index contributed by atoms with van der Waals surface area (Å²) in [6, 6.07) is 14.3. The van der Waals surface area contributed by atoms with Gasteiger partial charge in [0.1, 0.15) is 5.52 Å². The molecule has 0 bridgehead atoms. The molecule has 2 amide bonds. The number of amides is 2. The number of fused-ring (bicyclic) bond motifs is 1. The number of rotatable bonds is 6. The topological polar surface area (TPSA) is 102 Å². The third-order valence-electron chi connectivity index (χ3n) is 4.40. The SMILES string of the molecule is CN(CC(=O)NC(C)(C)C)C(=O)COC(=O)c1ccc2noc(-c3ccccc3)c2c1. The molecule has 0 spiro atoms. The second-order valence-corrected chi connectivity index (χ2v) is 8.23. The highest BCUT2D eigenvalue weighted by atomic mass is 16.5. The quantitative estimate of drug-likeness (QED) is 0.612. The van der Waals surface area contributed by atoms with Crippen LogP contribution in [0.25, 0.3) is 22.2 Å². The number of esters is 1. The van der Waals surface area contributed by atoms with E-state index in [1.165, 1.54) is 11.9 Å². The number of nitrogens with zero attached hydrogens (tertiary/aromatic N) is 2. The highest BCUT2D eigenvalue weighted by molar-refractivity contribution is 5.99. The van der Waals surface area contributed by atoms with Crippen LogP contribution >= 0.6 is 0 Å². The molecular weight excluding hydrogens is 398 g/mol. The lowest BCUT2D eigenvalue weighted by Crippen LogP contribution is -2.46. The van der Waals surface area contributed by atoms with Crippen molar-refractivity contribution in [3.05, 3.63) is 54.1 Å². The Morgan fingerprint density at radius 2 is 1.81 bits per heavy atom. The van der Waals surface area contributed by atoms with Crippen molar-refractivity contribution in [2.75, 3.05) is 20.2 Å². The van der Waals surface area contributed by atoms with Crippen molar-refractivity contribution in [3.8, 4) is 11.3 Å². The Bertz CT molecular complexity index is 1100. The van der Waals surface area contributed by atoms with Gasteiger partial charge in [-0.05, 0) is 39.0 Å². The molecule has 0 saturated heterocycles. The van der Waals surface area contributed by atoms with E-state index in [-0.39, 0.29) is 18.0 Å². The number of carbonyl (C=O) groups is 3. The van der Waals surface area contributed by atoms with Gasteiger partial charge in [0, 0.05) is 18.2 Å². The van der Waals surface area contributed by atoms with Gasteiger partial charge in [-0.25, -0.2) is 4.79 Å². The summed E-state index contributed by atoms with van der Waals surface area (Å²) in [4.78, 5) is 37.9. The van der Waals surface area contributed by atoms with Crippen molar-refractivity contribution < 1.29 is 23.6 Å². The van der Waals surface area contributed by atoms with Crippen molar-refractivity contribution in [1.29, 1.82) is 0 Å². The monoisotopic (exact) mass is 423 g/mol. The second-order valence-electron chi connectivity index (χ2n) is 8.23. The van der Waals surface area contributed by atoms with Crippen LogP contribution in [0.5, 0.6) is 0 Å². The lowest BCUT2D eigenvalue weighted by molar-refractivity contribution is -0.137. The molecule has 0 atom stereocenters. The summed E-state index contributed by atoms with van der Waals surface area (Å²) >= 11 is 0. The first-order valence-corrected chi connectivity index (χ1v) is 9.81. The lowest BCUT2D eigenvalue weighted by Gasteiger charge is -2.23. The molecular formula is C23H25N3O5. The molecule has 0 aliphatic carbocycles. The van der Waals surface area contributed by atoms with Gasteiger partial charge in [-0.2, -0.15) is 0 Å². The van der Waals surface area contributed by atoms with Gasteiger partial charge in [0.25, 0.3) is 5.91 Å². The van der Waals surface area contributed by atoms with Crippen LogP contribution in [-0.2, 0) is 14.3 Å². The predicted octanol–water partition coefficient (Wildman–Crippen LogP) is 3.02. The van der Waals surface area contributed by atoms with Crippen LogP contribution in [0.3, 0.4) is 0 Å². The molecule has 0 aliphatic rings. The van der Waals surface area contributed by atoms with Crippen molar-refractivity contribution in [3.63, 3.8) is 0 Å². The van der Waals surface area contributed by atoms with E-state index in [1.54, 1.807) is 18.2 Å². The Labute approximate surface area is 180 Å². The maximum Gasteiger partial charge on any atom is 0.338 e. The fraction of sp³-hybridized carbons (Fsp3) is 0.304. The van der Waals surface area contributed by atoms with Crippen LogP contribution in [0.1, 0.15) is 31.1 Å². The van der Waals surface area contributed by atoms with Crippen LogP contribution < -0.4 is 5.32 Å². The molecule has 8 heteroatoms. The number of carbonyl (C=O) groups excluding carboxylic acids is 3. The summed E-state index contributed by atoms with van der Waals surface area (Å²) in [6.07, 6.45) is 0. The van der Waals surface area contributed by atoms with E-state index in [0.29, 0.717) is 16.7 Å².